The number of aromatic nitrogens is 3. The predicted octanol–water partition coefficient (Wildman–Crippen LogP) is 2.04. The largest absolute Gasteiger partial charge is 0.361 e. The van der Waals surface area contributed by atoms with Gasteiger partial charge in [0, 0.05) is 43.3 Å². The van der Waals surface area contributed by atoms with Gasteiger partial charge in [-0.3, -0.25) is 9.69 Å². The molecule has 134 valence electrons. The maximum absolute atomic E-state index is 12.4. The van der Waals surface area contributed by atoms with Gasteiger partial charge in [0.2, 0.25) is 0 Å². The van der Waals surface area contributed by atoms with Crippen molar-refractivity contribution >= 4 is 11.8 Å². The fourth-order valence-corrected chi connectivity index (χ4v) is 4.72. The summed E-state index contributed by atoms with van der Waals surface area (Å²) in [5, 5.41) is 8.62. The lowest BCUT2D eigenvalue weighted by molar-refractivity contribution is 0.220. The standard InChI is InChI=1S/C18H24N4O2S/c1-13-9-16(24-20-13)4-7-21-6-2-3-15(21)11-22-18(23)10-14-12-25-8-5-17(14)19-22/h9-10,15H,2-8,11-12H2,1H3. The van der Waals surface area contributed by atoms with Crippen LogP contribution in [0.15, 0.2) is 21.5 Å². The Labute approximate surface area is 151 Å². The Kier molecular flexibility index (Phi) is 4.94. The van der Waals surface area contributed by atoms with E-state index in [-0.39, 0.29) is 5.56 Å². The van der Waals surface area contributed by atoms with E-state index in [0.29, 0.717) is 12.6 Å². The Bertz CT molecular complexity index is 801. The van der Waals surface area contributed by atoms with Gasteiger partial charge in [0.15, 0.2) is 0 Å². The van der Waals surface area contributed by atoms with E-state index in [0.717, 1.165) is 66.6 Å². The number of rotatable bonds is 5. The molecule has 0 bridgehead atoms. The average molecular weight is 360 g/mol. The molecule has 1 unspecified atom stereocenters. The molecular weight excluding hydrogens is 336 g/mol. The lowest BCUT2D eigenvalue weighted by Gasteiger charge is -2.25. The third-order valence-corrected chi connectivity index (χ3v) is 6.12. The second-order valence-corrected chi connectivity index (χ2v) is 8.06. The molecule has 2 aliphatic rings. The number of thioether (sulfide) groups is 1. The number of aryl methyl sites for hydroxylation is 2. The molecule has 0 N–H and O–H groups in total. The van der Waals surface area contributed by atoms with E-state index in [1.807, 2.05) is 24.8 Å². The summed E-state index contributed by atoms with van der Waals surface area (Å²) in [5.74, 6) is 2.96. The van der Waals surface area contributed by atoms with Crippen molar-refractivity contribution in [3.63, 3.8) is 0 Å². The predicted molar refractivity (Wildman–Crippen MR) is 97.9 cm³/mol. The minimum absolute atomic E-state index is 0.0407. The van der Waals surface area contributed by atoms with Crippen LogP contribution in [-0.2, 0) is 25.1 Å². The average Bonchev–Trinajstić information content (AvgIpc) is 3.22. The Hall–Kier alpha value is -1.60. The van der Waals surface area contributed by atoms with Crippen LogP contribution in [0.2, 0.25) is 0 Å². The number of hydrogen-bond donors (Lipinski definition) is 0. The summed E-state index contributed by atoms with van der Waals surface area (Å²) < 4.78 is 7.00. The second kappa shape index (κ2) is 7.33. The Balaban J connectivity index is 1.43. The first-order chi connectivity index (χ1) is 12.2. The minimum atomic E-state index is 0.0407. The zero-order chi connectivity index (χ0) is 17.2. The van der Waals surface area contributed by atoms with Gasteiger partial charge in [-0.1, -0.05) is 5.16 Å². The van der Waals surface area contributed by atoms with Crippen LogP contribution in [0.4, 0.5) is 0 Å². The highest BCUT2D eigenvalue weighted by Gasteiger charge is 2.26. The third kappa shape index (κ3) is 3.82. The summed E-state index contributed by atoms with van der Waals surface area (Å²) in [7, 11) is 0. The van der Waals surface area contributed by atoms with Gasteiger partial charge in [-0.05, 0) is 37.6 Å². The Morgan fingerprint density at radius 3 is 3.16 bits per heavy atom. The molecule has 0 spiro atoms. The maximum atomic E-state index is 12.4. The molecule has 1 saturated heterocycles. The first-order valence-electron chi connectivity index (χ1n) is 9.03. The molecule has 2 aromatic rings. The first-order valence-corrected chi connectivity index (χ1v) is 10.2. The molecule has 0 radical (unpaired) electrons. The fraction of sp³-hybridized carbons (Fsp3) is 0.611. The van der Waals surface area contributed by atoms with Crippen molar-refractivity contribution in [2.75, 3.05) is 18.8 Å². The summed E-state index contributed by atoms with van der Waals surface area (Å²) in [6, 6.07) is 4.18. The van der Waals surface area contributed by atoms with Crippen LogP contribution in [0.25, 0.3) is 0 Å². The molecule has 2 aliphatic heterocycles. The SMILES string of the molecule is Cc1cc(CCN2CCCC2Cn2nc3c(cc2=O)CSCC3)on1. The molecular formula is C18H24N4O2S. The molecule has 1 fully saturated rings. The molecule has 25 heavy (non-hydrogen) atoms. The van der Waals surface area contributed by atoms with Crippen LogP contribution in [0.5, 0.6) is 0 Å². The Morgan fingerprint density at radius 2 is 2.32 bits per heavy atom. The normalized spacial score (nSPS) is 20.8. The van der Waals surface area contributed by atoms with E-state index in [9.17, 15) is 4.79 Å². The van der Waals surface area contributed by atoms with Crippen molar-refractivity contribution in [1.82, 2.24) is 19.8 Å². The van der Waals surface area contributed by atoms with E-state index in [1.54, 1.807) is 10.7 Å². The minimum Gasteiger partial charge on any atom is -0.361 e. The molecule has 4 rings (SSSR count). The van der Waals surface area contributed by atoms with Crippen molar-refractivity contribution < 1.29 is 4.52 Å². The van der Waals surface area contributed by atoms with E-state index in [2.05, 4.69) is 15.2 Å². The van der Waals surface area contributed by atoms with E-state index < -0.39 is 0 Å². The lowest BCUT2D eigenvalue weighted by atomic mass is 10.2. The van der Waals surface area contributed by atoms with Crippen LogP contribution in [-0.4, -0.2) is 44.7 Å². The first kappa shape index (κ1) is 16.8. The number of nitrogens with zero attached hydrogens (tertiary/aromatic N) is 4. The quantitative estimate of drug-likeness (QED) is 0.813. The van der Waals surface area contributed by atoms with Crippen molar-refractivity contribution in [3.05, 3.63) is 45.2 Å². The van der Waals surface area contributed by atoms with Crippen molar-refractivity contribution in [2.24, 2.45) is 0 Å². The van der Waals surface area contributed by atoms with Gasteiger partial charge >= 0.3 is 0 Å². The van der Waals surface area contributed by atoms with Crippen molar-refractivity contribution in [1.29, 1.82) is 0 Å². The molecule has 7 heteroatoms. The lowest BCUT2D eigenvalue weighted by Crippen LogP contribution is -2.38. The molecule has 0 amide bonds. The monoisotopic (exact) mass is 360 g/mol. The molecule has 6 nitrogen and oxygen atoms in total. The summed E-state index contributed by atoms with van der Waals surface area (Å²) >= 11 is 1.88. The highest BCUT2D eigenvalue weighted by Crippen LogP contribution is 2.22. The second-order valence-electron chi connectivity index (χ2n) is 6.96. The van der Waals surface area contributed by atoms with Crippen LogP contribution >= 0.6 is 11.8 Å². The van der Waals surface area contributed by atoms with Gasteiger partial charge in [0.25, 0.3) is 5.56 Å². The van der Waals surface area contributed by atoms with Crippen molar-refractivity contribution in [3.8, 4) is 0 Å². The van der Waals surface area contributed by atoms with Gasteiger partial charge in [0.1, 0.15) is 5.76 Å². The van der Waals surface area contributed by atoms with E-state index in [1.165, 1.54) is 6.42 Å². The van der Waals surface area contributed by atoms with Crippen LogP contribution in [0.1, 0.15) is 35.6 Å². The van der Waals surface area contributed by atoms with Crippen LogP contribution in [0.3, 0.4) is 0 Å². The number of fused-ring (bicyclic) bond motifs is 1. The molecule has 4 heterocycles. The molecule has 1 atom stereocenters. The zero-order valence-corrected chi connectivity index (χ0v) is 15.4. The van der Waals surface area contributed by atoms with Crippen molar-refractivity contribution in [2.45, 2.75) is 50.9 Å². The van der Waals surface area contributed by atoms with Crippen LogP contribution < -0.4 is 5.56 Å². The van der Waals surface area contributed by atoms with E-state index in [4.69, 9.17) is 4.52 Å². The van der Waals surface area contributed by atoms with Gasteiger partial charge < -0.3 is 4.52 Å². The topological polar surface area (TPSA) is 64.2 Å². The Morgan fingerprint density at radius 1 is 1.40 bits per heavy atom. The molecule has 0 aromatic carbocycles. The third-order valence-electron chi connectivity index (χ3n) is 5.11. The summed E-state index contributed by atoms with van der Waals surface area (Å²) in [6.07, 6.45) is 4.13. The fourth-order valence-electron chi connectivity index (χ4n) is 3.77. The highest BCUT2D eigenvalue weighted by atomic mass is 32.2. The summed E-state index contributed by atoms with van der Waals surface area (Å²) in [4.78, 5) is 14.9. The number of likely N-dealkylation sites (tertiary alicyclic amines) is 1. The maximum Gasteiger partial charge on any atom is 0.267 e. The molecule has 0 saturated carbocycles. The van der Waals surface area contributed by atoms with Gasteiger partial charge in [-0.25, -0.2) is 4.68 Å². The summed E-state index contributed by atoms with van der Waals surface area (Å²) in [6.45, 7) is 4.65. The van der Waals surface area contributed by atoms with Crippen LogP contribution in [0, 0.1) is 6.92 Å². The smallest absolute Gasteiger partial charge is 0.267 e. The molecule has 0 aliphatic carbocycles. The van der Waals surface area contributed by atoms with E-state index >= 15 is 0 Å². The highest BCUT2D eigenvalue weighted by molar-refractivity contribution is 7.98. The van der Waals surface area contributed by atoms with Gasteiger partial charge in [-0.15, -0.1) is 0 Å². The summed E-state index contributed by atoms with van der Waals surface area (Å²) in [5.41, 5.74) is 3.21. The number of hydrogen-bond acceptors (Lipinski definition) is 6. The zero-order valence-electron chi connectivity index (χ0n) is 14.6. The van der Waals surface area contributed by atoms with Gasteiger partial charge in [0.05, 0.1) is 17.9 Å². The van der Waals surface area contributed by atoms with Gasteiger partial charge in [-0.2, -0.15) is 16.9 Å². The molecule has 2 aromatic heterocycles.